The van der Waals surface area contributed by atoms with Crippen molar-refractivity contribution in [1.29, 1.82) is 0 Å². The molecule has 0 aromatic heterocycles. The number of nitrogens with two attached hydrogens (primary N) is 1. The van der Waals surface area contributed by atoms with E-state index in [9.17, 15) is 5.11 Å². The Hall–Kier alpha value is -1.10. The smallest absolute Gasteiger partial charge is 0.119 e. The molecule has 4 heteroatoms. The average Bonchev–Trinajstić information content (AvgIpc) is 2.34. The molecule has 0 fully saturated rings. The van der Waals surface area contributed by atoms with Gasteiger partial charge in [0.15, 0.2) is 0 Å². The first-order valence-corrected chi connectivity index (χ1v) is 5.95. The van der Waals surface area contributed by atoms with E-state index < -0.39 is 6.10 Å². The highest BCUT2D eigenvalue weighted by Crippen LogP contribution is 2.12. The molecule has 0 heterocycles. The molecule has 1 rings (SSSR count). The summed E-state index contributed by atoms with van der Waals surface area (Å²) in [4.78, 5) is 0. The van der Waals surface area contributed by atoms with Crippen LogP contribution in [0.5, 0.6) is 5.75 Å². The molecule has 1 aromatic carbocycles. The first kappa shape index (κ1) is 14.0. The molecule has 1 unspecified atom stereocenters. The second-order valence-corrected chi connectivity index (χ2v) is 4.38. The fourth-order valence-electron chi connectivity index (χ4n) is 1.39. The fourth-order valence-corrected chi connectivity index (χ4v) is 1.39. The van der Waals surface area contributed by atoms with Crippen LogP contribution in [0.15, 0.2) is 24.3 Å². The maximum Gasteiger partial charge on any atom is 0.119 e. The van der Waals surface area contributed by atoms with Crippen LogP contribution in [-0.2, 0) is 6.54 Å². The number of ether oxygens (including phenoxy) is 1. The number of aliphatic hydroxyl groups is 1. The molecule has 0 amide bonds. The summed E-state index contributed by atoms with van der Waals surface area (Å²) in [7, 11) is 0. The lowest BCUT2D eigenvalue weighted by atomic mass is 10.2. The summed E-state index contributed by atoms with van der Waals surface area (Å²) in [6, 6.07) is 7.97. The number of rotatable bonds is 7. The van der Waals surface area contributed by atoms with Crippen LogP contribution in [-0.4, -0.2) is 30.4 Å². The predicted octanol–water partition coefficient (Wildman–Crippen LogP) is 0.883. The van der Waals surface area contributed by atoms with Crippen LogP contribution in [0.3, 0.4) is 0 Å². The number of aliphatic hydroxyl groups excluding tert-OH is 1. The molecular formula is C13H22N2O2. The molecule has 1 aromatic rings. The van der Waals surface area contributed by atoms with E-state index in [2.05, 4.69) is 5.32 Å². The second-order valence-electron chi connectivity index (χ2n) is 4.38. The first-order chi connectivity index (χ1) is 8.11. The molecule has 1 atom stereocenters. The molecule has 0 aliphatic rings. The largest absolute Gasteiger partial charge is 0.491 e. The van der Waals surface area contributed by atoms with Crippen LogP contribution >= 0.6 is 0 Å². The maximum atomic E-state index is 9.67. The zero-order valence-electron chi connectivity index (χ0n) is 10.5. The summed E-state index contributed by atoms with van der Waals surface area (Å²) in [5.41, 5.74) is 6.57. The van der Waals surface area contributed by atoms with Crippen molar-refractivity contribution in [3.63, 3.8) is 0 Å². The number of benzene rings is 1. The van der Waals surface area contributed by atoms with Gasteiger partial charge in [0, 0.05) is 19.1 Å². The zero-order chi connectivity index (χ0) is 12.7. The van der Waals surface area contributed by atoms with Crippen LogP contribution in [0.1, 0.15) is 19.4 Å². The van der Waals surface area contributed by atoms with Gasteiger partial charge in [-0.3, -0.25) is 0 Å². The Kier molecular flexibility index (Phi) is 5.97. The third-order valence-electron chi connectivity index (χ3n) is 2.34. The Balaban J connectivity index is 2.33. The molecule has 0 radical (unpaired) electrons. The molecule has 0 bridgehead atoms. The van der Waals surface area contributed by atoms with Crippen LogP contribution in [0.2, 0.25) is 0 Å². The third kappa shape index (κ3) is 5.68. The van der Waals surface area contributed by atoms with Gasteiger partial charge in [-0.1, -0.05) is 26.0 Å². The Bertz CT molecular complexity index is 329. The van der Waals surface area contributed by atoms with E-state index >= 15 is 0 Å². The Morgan fingerprint density at radius 1 is 1.41 bits per heavy atom. The highest BCUT2D eigenvalue weighted by molar-refractivity contribution is 5.28. The minimum absolute atomic E-state index is 0.285. The summed E-state index contributed by atoms with van der Waals surface area (Å²) in [6.07, 6.45) is -0.501. The van der Waals surface area contributed by atoms with Gasteiger partial charge in [-0.05, 0) is 17.7 Å². The van der Waals surface area contributed by atoms with Crippen LogP contribution < -0.4 is 15.8 Å². The Morgan fingerprint density at radius 3 is 2.82 bits per heavy atom. The van der Waals surface area contributed by atoms with Gasteiger partial charge in [0.1, 0.15) is 18.5 Å². The zero-order valence-corrected chi connectivity index (χ0v) is 10.5. The van der Waals surface area contributed by atoms with Crippen molar-refractivity contribution in [2.45, 2.75) is 32.5 Å². The third-order valence-corrected chi connectivity index (χ3v) is 2.34. The van der Waals surface area contributed by atoms with Gasteiger partial charge in [0.25, 0.3) is 0 Å². The minimum Gasteiger partial charge on any atom is -0.491 e. The van der Waals surface area contributed by atoms with Gasteiger partial charge in [0.05, 0.1) is 0 Å². The van der Waals surface area contributed by atoms with Crippen LogP contribution in [0.4, 0.5) is 0 Å². The van der Waals surface area contributed by atoms with Crippen LogP contribution in [0, 0.1) is 0 Å². The summed E-state index contributed by atoms with van der Waals surface area (Å²) < 4.78 is 5.50. The van der Waals surface area contributed by atoms with Gasteiger partial charge in [-0.15, -0.1) is 0 Å². The standard InChI is InChI=1S/C13H22N2O2/c1-10(2)15-8-12(16)9-17-13-5-3-4-11(6-13)7-14/h3-6,10,12,15-16H,7-9,14H2,1-2H3. The second kappa shape index (κ2) is 7.27. The Labute approximate surface area is 103 Å². The average molecular weight is 238 g/mol. The lowest BCUT2D eigenvalue weighted by Gasteiger charge is -2.15. The van der Waals surface area contributed by atoms with Crippen molar-refractivity contribution in [1.82, 2.24) is 5.32 Å². The van der Waals surface area contributed by atoms with Crippen molar-refractivity contribution in [2.24, 2.45) is 5.73 Å². The van der Waals surface area contributed by atoms with Gasteiger partial charge in [0.2, 0.25) is 0 Å². The number of hydrogen-bond donors (Lipinski definition) is 3. The van der Waals surface area contributed by atoms with E-state index in [0.717, 1.165) is 11.3 Å². The summed E-state index contributed by atoms with van der Waals surface area (Å²) in [5.74, 6) is 0.747. The van der Waals surface area contributed by atoms with Crippen molar-refractivity contribution in [3.8, 4) is 5.75 Å². The van der Waals surface area contributed by atoms with Crippen molar-refractivity contribution in [2.75, 3.05) is 13.2 Å². The van der Waals surface area contributed by atoms with E-state index in [0.29, 0.717) is 19.1 Å². The highest BCUT2D eigenvalue weighted by Gasteiger charge is 2.06. The fraction of sp³-hybridized carbons (Fsp3) is 0.538. The number of hydrogen-bond acceptors (Lipinski definition) is 4. The molecule has 0 aliphatic carbocycles. The SMILES string of the molecule is CC(C)NCC(O)COc1cccc(CN)c1. The summed E-state index contributed by atoms with van der Waals surface area (Å²) in [6.45, 7) is 5.40. The van der Waals surface area contributed by atoms with E-state index in [4.69, 9.17) is 10.5 Å². The lowest BCUT2D eigenvalue weighted by molar-refractivity contribution is 0.104. The van der Waals surface area contributed by atoms with E-state index in [1.807, 2.05) is 38.1 Å². The maximum absolute atomic E-state index is 9.67. The van der Waals surface area contributed by atoms with E-state index in [1.165, 1.54) is 0 Å². The molecule has 17 heavy (non-hydrogen) atoms. The molecule has 4 N–H and O–H groups in total. The first-order valence-electron chi connectivity index (χ1n) is 5.95. The molecule has 0 aliphatic heterocycles. The van der Waals surface area contributed by atoms with E-state index in [-0.39, 0.29) is 6.61 Å². The van der Waals surface area contributed by atoms with Crippen molar-refractivity contribution >= 4 is 0 Å². The van der Waals surface area contributed by atoms with Gasteiger partial charge in [-0.2, -0.15) is 0 Å². The monoisotopic (exact) mass is 238 g/mol. The molecule has 96 valence electrons. The van der Waals surface area contributed by atoms with Gasteiger partial charge < -0.3 is 20.9 Å². The van der Waals surface area contributed by atoms with Gasteiger partial charge in [-0.25, -0.2) is 0 Å². The topological polar surface area (TPSA) is 67.5 Å². The van der Waals surface area contributed by atoms with Crippen molar-refractivity contribution < 1.29 is 9.84 Å². The molecular weight excluding hydrogens is 216 g/mol. The molecule has 4 nitrogen and oxygen atoms in total. The quantitative estimate of drug-likeness (QED) is 0.660. The number of nitrogens with one attached hydrogen (secondary N) is 1. The normalized spacial score (nSPS) is 12.8. The molecule has 0 saturated heterocycles. The minimum atomic E-state index is -0.501. The summed E-state index contributed by atoms with van der Waals surface area (Å²) in [5, 5.41) is 12.8. The lowest BCUT2D eigenvalue weighted by Crippen LogP contribution is -2.35. The van der Waals surface area contributed by atoms with E-state index in [1.54, 1.807) is 0 Å². The van der Waals surface area contributed by atoms with Crippen LogP contribution in [0.25, 0.3) is 0 Å². The van der Waals surface area contributed by atoms with Gasteiger partial charge >= 0.3 is 0 Å². The predicted molar refractivity (Wildman–Crippen MR) is 69.0 cm³/mol. The highest BCUT2D eigenvalue weighted by atomic mass is 16.5. The molecule has 0 saturated carbocycles. The Morgan fingerprint density at radius 2 is 2.18 bits per heavy atom. The molecule has 0 spiro atoms. The summed E-state index contributed by atoms with van der Waals surface area (Å²) >= 11 is 0. The van der Waals surface area contributed by atoms with Crippen molar-refractivity contribution in [3.05, 3.63) is 29.8 Å².